The highest BCUT2D eigenvalue weighted by Gasteiger charge is 2.35. The van der Waals surface area contributed by atoms with Crippen LogP contribution in [0.15, 0.2) is 194 Å². The molecule has 0 saturated heterocycles. The molecule has 0 atom stereocenters. The first-order valence-electron chi connectivity index (χ1n) is 20.1. The molecule has 0 saturated carbocycles. The summed E-state index contributed by atoms with van der Waals surface area (Å²) in [6.07, 6.45) is 0. The number of rotatable bonds is 3. The van der Waals surface area contributed by atoms with Gasteiger partial charge in [-0.15, -0.1) is 0 Å². The monoisotopic (exact) mass is 722 g/mol. The molecule has 0 heterocycles. The largest absolute Gasteiger partial charge is 0.0619 e. The van der Waals surface area contributed by atoms with E-state index >= 15 is 0 Å². The first-order chi connectivity index (χ1) is 28.0. The number of benzene rings is 11. The van der Waals surface area contributed by atoms with Crippen molar-refractivity contribution in [1.29, 1.82) is 0 Å². The van der Waals surface area contributed by atoms with Crippen molar-refractivity contribution in [2.45, 2.75) is 19.3 Å². The van der Waals surface area contributed by atoms with E-state index in [0.29, 0.717) is 0 Å². The fourth-order valence-corrected chi connectivity index (χ4v) is 10.1. The maximum atomic E-state index is 2.44. The van der Waals surface area contributed by atoms with Gasteiger partial charge in [-0.1, -0.05) is 172 Å². The summed E-state index contributed by atoms with van der Waals surface area (Å²) in [5.74, 6) is 0. The van der Waals surface area contributed by atoms with E-state index in [0.717, 1.165) is 0 Å². The van der Waals surface area contributed by atoms with Gasteiger partial charge in [0.2, 0.25) is 0 Å². The molecule has 266 valence electrons. The van der Waals surface area contributed by atoms with Gasteiger partial charge in [-0.2, -0.15) is 0 Å². The Hall–Kier alpha value is -7.02. The van der Waals surface area contributed by atoms with Crippen molar-refractivity contribution in [3.05, 3.63) is 205 Å². The number of fused-ring (bicyclic) bond motifs is 13. The molecule has 0 fully saturated rings. The number of hydrogen-bond donors (Lipinski definition) is 0. The minimum atomic E-state index is -0.0121. The Kier molecular flexibility index (Phi) is 6.78. The van der Waals surface area contributed by atoms with E-state index in [1.807, 2.05) is 0 Å². The van der Waals surface area contributed by atoms with Crippen LogP contribution in [0.25, 0.3) is 109 Å². The first-order valence-corrected chi connectivity index (χ1v) is 20.1. The molecule has 0 unspecified atom stereocenters. The summed E-state index contributed by atoms with van der Waals surface area (Å²) in [5.41, 5.74) is 13.0. The van der Waals surface area contributed by atoms with Gasteiger partial charge in [-0.25, -0.2) is 0 Å². The smallest absolute Gasteiger partial charge is 0.0159 e. The van der Waals surface area contributed by atoms with Crippen LogP contribution in [-0.2, 0) is 5.41 Å². The van der Waals surface area contributed by atoms with Crippen LogP contribution in [0.4, 0.5) is 0 Å². The fraction of sp³-hybridized carbons (Fsp3) is 0.0526. The molecular formula is C57H38. The average Bonchev–Trinajstić information content (AvgIpc) is 3.50. The standard InChI is InChI=1S/C57H38/c1-57(2)54-18-10-9-15-48(54)49-28-27-41(33-55(49)57)39-25-24-36-29-38(23-22-37(36)30-39)40-21-19-35-20-26-42(32-43(35)31-40)52-34-53-46-13-4-3-11-44(46)45-12-5-7-16-50(45)56(53)51-17-8-6-14-47(51)52/h3-34H,1-2H3. The van der Waals surface area contributed by atoms with Crippen molar-refractivity contribution in [1.82, 2.24) is 0 Å². The van der Waals surface area contributed by atoms with Gasteiger partial charge < -0.3 is 0 Å². The molecule has 57 heavy (non-hydrogen) atoms. The Morgan fingerprint density at radius 2 is 0.702 bits per heavy atom. The zero-order valence-corrected chi connectivity index (χ0v) is 32.0. The third-order valence-electron chi connectivity index (χ3n) is 13.0. The predicted molar refractivity (Wildman–Crippen MR) is 245 cm³/mol. The van der Waals surface area contributed by atoms with Crippen LogP contribution in [0.3, 0.4) is 0 Å². The van der Waals surface area contributed by atoms with Gasteiger partial charge in [0.05, 0.1) is 0 Å². The highest BCUT2D eigenvalue weighted by molar-refractivity contribution is 6.33. The highest BCUT2D eigenvalue weighted by atomic mass is 14.4. The maximum Gasteiger partial charge on any atom is 0.0159 e. The quantitative estimate of drug-likeness (QED) is 0.159. The molecule has 0 aromatic heterocycles. The second-order valence-electron chi connectivity index (χ2n) is 16.5. The van der Waals surface area contributed by atoms with E-state index in [9.17, 15) is 0 Å². The van der Waals surface area contributed by atoms with Crippen LogP contribution < -0.4 is 0 Å². The maximum absolute atomic E-state index is 2.44. The molecule has 11 aromatic carbocycles. The van der Waals surface area contributed by atoms with Gasteiger partial charge in [0.1, 0.15) is 0 Å². The van der Waals surface area contributed by atoms with Crippen molar-refractivity contribution < 1.29 is 0 Å². The zero-order chi connectivity index (χ0) is 37.8. The predicted octanol–water partition coefficient (Wildman–Crippen LogP) is 15.9. The van der Waals surface area contributed by atoms with E-state index in [4.69, 9.17) is 0 Å². The minimum Gasteiger partial charge on any atom is -0.0619 e. The summed E-state index contributed by atoms with van der Waals surface area (Å²) < 4.78 is 0. The summed E-state index contributed by atoms with van der Waals surface area (Å²) in [5, 5.41) is 15.4. The van der Waals surface area contributed by atoms with E-state index in [1.54, 1.807) is 0 Å². The lowest BCUT2D eigenvalue weighted by atomic mass is 9.81. The third-order valence-corrected chi connectivity index (χ3v) is 13.0. The van der Waals surface area contributed by atoms with Gasteiger partial charge >= 0.3 is 0 Å². The molecule has 12 rings (SSSR count). The Balaban J connectivity index is 0.940. The van der Waals surface area contributed by atoms with Crippen molar-refractivity contribution in [3.8, 4) is 44.5 Å². The summed E-state index contributed by atoms with van der Waals surface area (Å²) >= 11 is 0. The topological polar surface area (TPSA) is 0 Å². The van der Waals surface area contributed by atoms with Crippen LogP contribution in [0.5, 0.6) is 0 Å². The lowest BCUT2D eigenvalue weighted by Gasteiger charge is -2.22. The molecule has 0 N–H and O–H groups in total. The van der Waals surface area contributed by atoms with E-state index in [2.05, 4.69) is 208 Å². The highest BCUT2D eigenvalue weighted by Crippen LogP contribution is 2.50. The SMILES string of the molecule is CC1(C)c2ccccc2-c2ccc(-c3ccc4cc(-c5ccc6ccc(-c7cc8c9ccccc9c9ccccc9c8c8ccccc78)cc6c5)ccc4c3)cc21. The summed E-state index contributed by atoms with van der Waals surface area (Å²) in [6, 6.07) is 72.8. The molecular weight excluding hydrogens is 685 g/mol. The molecule has 0 nitrogen and oxygen atoms in total. The molecule has 0 radical (unpaired) electrons. The van der Waals surface area contributed by atoms with Gasteiger partial charge in [-0.05, 0) is 157 Å². The molecule has 0 aliphatic heterocycles. The zero-order valence-electron chi connectivity index (χ0n) is 32.0. The van der Waals surface area contributed by atoms with Crippen LogP contribution in [0, 0.1) is 0 Å². The van der Waals surface area contributed by atoms with Crippen LogP contribution in [0.2, 0.25) is 0 Å². The summed E-state index contributed by atoms with van der Waals surface area (Å²) in [7, 11) is 0. The Bertz CT molecular complexity index is 3490. The van der Waals surface area contributed by atoms with Crippen molar-refractivity contribution in [2.75, 3.05) is 0 Å². The lowest BCUT2D eigenvalue weighted by molar-refractivity contribution is 0.660. The average molecular weight is 723 g/mol. The molecule has 0 spiro atoms. The Morgan fingerprint density at radius 3 is 1.39 bits per heavy atom. The van der Waals surface area contributed by atoms with Crippen LogP contribution in [0.1, 0.15) is 25.0 Å². The second kappa shape index (κ2) is 12.0. The van der Waals surface area contributed by atoms with Crippen LogP contribution in [-0.4, -0.2) is 0 Å². The third kappa shape index (κ3) is 4.81. The van der Waals surface area contributed by atoms with Crippen molar-refractivity contribution in [2.24, 2.45) is 0 Å². The molecule has 0 bridgehead atoms. The molecule has 1 aliphatic carbocycles. The normalized spacial score (nSPS) is 13.2. The molecule has 0 heteroatoms. The molecule has 0 amide bonds. The lowest BCUT2D eigenvalue weighted by Crippen LogP contribution is -2.14. The molecule has 1 aliphatic rings. The minimum absolute atomic E-state index is 0.0121. The van der Waals surface area contributed by atoms with Crippen molar-refractivity contribution in [3.63, 3.8) is 0 Å². The van der Waals surface area contributed by atoms with Crippen molar-refractivity contribution >= 4 is 64.6 Å². The van der Waals surface area contributed by atoms with E-state index in [-0.39, 0.29) is 5.41 Å². The summed E-state index contributed by atoms with van der Waals surface area (Å²) in [4.78, 5) is 0. The first kappa shape index (κ1) is 32.2. The molecule has 11 aromatic rings. The second-order valence-corrected chi connectivity index (χ2v) is 16.5. The Labute approximate surface area is 332 Å². The fourth-order valence-electron chi connectivity index (χ4n) is 10.1. The van der Waals surface area contributed by atoms with Gasteiger partial charge in [-0.3, -0.25) is 0 Å². The van der Waals surface area contributed by atoms with Gasteiger partial charge in [0.15, 0.2) is 0 Å². The van der Waals surface area contributed by atoms with E-state index in [1.165, 1.54) is 120 Å². The van der Waals surface area contributed by atoms with Gasteiger partial charge in [0, 0.05) is 5.41 Å². The van der Waals surface area contributed by atoms with E-state index < -0.39 is 0 Å². The number of hydrogen-bond acceptors (Lipinski definition) is 0. The van der Waals surface area contributed by atoms with Crippen LogP contribution >= 0.6 is 0 Å². The Morgan fingerprint density at radius 1 is 0.263 bits per heavy atom. The summed E-state index contributed by atoms with van der Waals surface area (Å²) in [6.45, 7) is 4.71. The van der Waals surface area contributed by atoms with Gasteiger partial charge in [0.25, 0.3) is 0 Å².